The Balaban J connectivity index is 2.51. The molecule has 0 spiro atoms. The van der Waals surface area contributed by atoms with Gasteiger partial charge in [-0.25, -0.2) is 4.39 Å². The molecular weight excluding hydrogens is 354 g/mol. The first kappa shape index (κ1) is 18.4. The van der Waals surface area contributed by atoms with Crippen LogP contribution in [0.15, 0.2) is 22.7 Å². The van der Waals surface area contributed by atoms with Crippen molar-refractivity contribution in [3.8, 4) is 0 Å². The van der Waals surface area contributed by atoms with Gasteiger partial charge in [0.15, 0.2) is 0 Å². The fraction of sp³-hybridized carbons (Fsp3) is 0.571. The van der Waals surface area contributed by atoms with Gasteiger partial charge in [0.1, 0.15) is 12.4 Å². The van der Waals surface area contributed by atoms with E-state index in [1.807, 2.05) is 6.92 Å². The number of hydrogen-bond donors (Lipinski definition) is 1. The lowest BCUT2D eigenvalue weighted by Crippen LogP contribution is -2.33. The first-order valence-corrected chi connectivity index (χ1v) is 7.43. The summed E-state index contributed by atoms with van der Waals surface area (Å²) in [5.74, 6) is -0.322. The largest absolute Gasteiger partial charge is 0.411 e. The van der Waals surface area contributed by atoms with Crippen molar-refractivity contribution in [3.05, 3.63) is 34.1 Å². The van der Waals surface area contributed by atoms with Crippen LogP contribution in [-0.2, 0) is 11.2 Å². The number of halogens is 5. The standard InChI is InChI=1S/C14H18BrF4NO/c1-2-20-12(5-6-21-9-14(17,18)19)8-10-7-11(15)3-4-13(10)16/h3-4,7,12,20H,2,5-6,8-9H2,1H3. The molecule has 1 rings (SSSR count). The molecule has 0 heterocycles. The van der Waals surface area contributed by atoms with E-state index in [1.165, 1.54) is 6.07 Å². The molecule has 7 heteroatoms. The number of ether oxygens (including phenoxy) is 1. The van der Waals surface area contributed by atoms with Gasteiger partial charge in [-0.15, -0.1) is 0 Å². The SMILES string of the molecule is CCNC(CCOCC(F)(F)F)Cc1cc(Br)ccc1F. The van der Waals surface area contributed by atoms with Crippen LogP contribution in [-0.4, -0.2) is 32.0 Å². The van der Waals surface area contributed by atoms with E-state index in [0.29, 0.717) is 24.9 Å². The molecule has 0 aromatic heterocycles. The Morgan fingerprint density at radius 1 is 1.33 bits per heavy atom. The molecule has 0 fully saturated rings. The number of hydrogen-bond acceptors (Lipinski definition) is 2. The van der Waals surface area contributed by atoms with E-state index in [0.717, 1.165) is 4.47 Å². The average molecular weight is 372 g/mol. The first-order chi connectivity index (χ1) is 9.81. The Bertz CT molecular complexity index is 439. The molecule has 2 nitrogen and oxygen atoms in total. The van der Waals surface area contributed by atoms with Gasteiger partial charge in [-0.1, -0.05) is 22.9 Å². The van der Waals surface area contributed by atoms with Gasteiger partial charge in [-0.3, -0.25) is 0 Å². The highest BCUT2D eigenvalue weighted by Gasteiger charge is 2.27. The van der Waals surface area contributed by atoms with Gasteiger partial charge in [-0.05, 0) is 43.1 Å². The van der Waals surface area contributed by atoms with Crippen molar-refractivity contribution in [2.45, 2.75) is 32.0 Å². The Morgan fingerprint density at radius 3 is 2.67 bits per heavy atom. The molecule has 1 aromatic carbocycles. The number of benzene rings is 1. The smallest absolute Gasteiger partial charge is 0.372 e. The number of rotatable bonds is 8. The lowest BCUT2D eigenvalue weighted by molar-refractivity contribution is -0.174. The molecule has 120 valence electrons. The van der Waals surface area contributed by atoms with Crippen LogP contribution in [0.4, 0.5) is 17.6 Å². The zero-order chi connectivity index (χ0) is 15.9. The minimum atomic E-state index is -4.32. The zero-order valence-corrected chi connectivity index (χ0v) is 13.2. The maximum Gasteiger partial charge on any atom is 0.411 e. The third kappa shape index (κ3) is 7.78. The summed E-state index contributed by atoms with van der Waals surface area (Å²) in [7, 11) is 0. The summed E-state index contributed by atoms with van der Waals surface area (Å²) in [6.45, 7) is 1.27. The van der Waals surface area contributed by atoms with E-state index in [4.69, 9.17) is 0 Å². The minimum absolute atomic E-state index is 0.0210. The summed E-state index contributed by atoms with van der Waals surface area (Å²) >= 11 is 3.27. The fourth-order valence-corrected chi connectivity index (χ4v) is 2.35. The summed E-state index contributed by atoms with van der Waals surface area (Å²) in [4.78, 5) is 0. The summed E-state index contributed by atoms with van der Waals surface area (Å²) in [6.07, 6.45) is -3.53. The van der Waals surface area contributed by atoms with Gasteiger partial charge in [0.2, 0.25) is 0 Å². The second-order valence-corrected chi connectivity index (χ2v) is 5.57. The zero-order valence-electron chi connectivity index (χ0n) is 11.6. The molecule has 0 saturated heterocycles. The highest BCUT2D eigenvalue weighted by molar-refractivity contribution is 9.10. The van der Waals surface area contributed by atoms with E-state index < -0.39 is 12.8 Å². The normalized spacial score (nSPS) is 13.4. The highest BCUT2D eigenvalue weighted by atomic mass is 79.9. The van der Waals surface area contributed by atoms with Crippen molar-refractivity contribution in [2.75, 3.05) is 19.8 Å². The monoisotopic (exact) mass is 371 g/mol. The van der Waals surface area contributed by atoms with E-state index >= 15 is 0 Å². The Hall–Kier alpha value is -0.660. The maximum atomic E-state index is 13.7. The van der Waals surface area contributed by atoms with Crippen LogP contribution in [0.5, 0.6) is 0 Å². The van der Waals surface area contributed by atoms with E-state index in [2.05, 4.69) is 26.0 Å². The molecule has 21 heavy (non-hydrogen) atoms. The Morgan fingerprint density at radius 2 is 2.05 bits per heavy atom. The van der Waals surface area contributed by atoms with Crippen molar-refractivity contribution >= 4 is 15.9 Å². The van der Waals surface area contributed by atoms with Crippen LogP contribution in [0, 0.1) is 5.82 Å². The molecule has 0 aliphatic rings. The van der Waals surface area contributed by atoms with Gasteiger partial charge in [-0.2, -0.15) is 13.2 Å². The molecule has 1 unspecified atom stereocenters. The average Bonchev–Trinajstić information content (AvgIpc) is 2.38. The van der Waals surface area contributed by atoms with Crippen molar-refractivity contribution in [1.29, 1.82) is 0 Å². The molecule has 1 atom stereocenters. The van der Waals surface area contributed by atoms with Crippen LogP contribution in [0.3, 0.4) is 0 Å². The predicted octanol–water partition coefficient (Wildman–Crippen LogP) is 4.08. The summed E-state index contributed by atoms with van der Waals surface area (Å²) in [5.41, 5.74) is 0.520. The second kappa shape index (κ2) is 8.70. The fourth-order valence-electron chi connectivity index (χ4n) is 1.94. The van der Waals surface area contributed by atoms with Crippen molar-refractivity contribution in [1.82, 2.24) is 5.32 Å². The van der Waals surface area contributed by atoms with Gasteiger partial charge in [0.05, 0.1) is 0 Å². The van der Waals surface area contributed by atoms with E-state index in [-0.39, 0.29) is 18.5 Å². The lowest BCUT2D eigenvalue weighted by Gasteiger charge is -2.19. The van der Waals surface area contributed by atoms with Crippen LogP contribution in [0.2, 0.25) is 0 Å². The molecule has 0 bridgehead atoms. The van der Waals surface area contributed by atoms with Crippen LogP contribution in [0.25, 0.3) is 0 Å². The van der Waals surface area contributed by atoms with E-state index in [1.54, 1.807) is 12.1 Å². The third-order valence-corrected chi connectivity index (χ3v) is 3.34. The number of alkyl halides is 3. The quantitative estimate of drug-likeness (QED) is 0.549. The Kier molecular flexibility index (Phi) is 7.62. The summed E-state index contributed by atoms with van der Waals surface area (Å²) in [6, 6.07) is 4.51. The molecule has 0 aliphatic heterocycles. The molecule has 0 aliphatic carbocycles. The van der Waals surface area contributed by atoms with E-state index in [9.17, 15) is 17.6 Å². The lowest BCUT2D eigenvalue weighted by atomic mass is 10.0. The second-order valence-electron chi connectivity index (χ2n) is 4.65. The third-order valence-electron chi connectivity index (χ3n) is 2.84. The molecular formula is C14H18BrF4NO. The van der Waals surface area contributed by atoms with Crippen molar-refractivity contribution in [2.24, 2.45) is 0 Å². The van der Waals surface area contributed by atoms with Crippen LogP contribution < -0.4 is 5.32 Å². The van der Waals surface area contributed by atoms with Gasteiger partial charge in [0, 0.05) is 17.1 Å². The van der Waals surface area contributed by atoms with Crippen LogP contribution in [0.1, 0.15) is 18.9 Å². The maximum absolute atomic E-state index is 13.7. The molecule has 1 aromatic rings. The van der Waals surface area contributed by atoms with Crippen molar-refractivity contribution < 1.29 is 22.3 Å². The number of likely N-dealkylation sites (N-methyl/N-ethyl adjacent to an activating group) is 1. The Labute approximate surface area is 130 Å². The van der Waals surface area contributed by atoms with Gasteiger partial charge in [0.25, 0.3) is 0 Å². The first-order valence-electron chi connectivity index (χ1n) is 6.63. The number of nitrogens with one attached hydrogen (secondary N) is 1. The minimum Gasteiger partial charge on any atom is -0.372 e. The van der Waals surface area contributed by atoms with Crippen molar-refractivity contribution in [3.63, 3.8) is 0 Å². The summed E-state index contributed by atoms with van der Waals surface area (Å²) in [5, 5.41) is 3.13. The summed E-state index contributed by atoms with van der Waals surface area (Å²) < 4.78 is 55.0. The molecule has 1 N–H and O–H groups in total. The molecule has 0 saturated carbocycles. The topological polar surface area (TPSA) is 21.3 Å². The molecule has 0 radical (unpaired) electrons. The van der Waals surface area contributed by atoms with Crippen LogP contribution >= 0.6 is 15.9 Å². The van der Waals surface area contributed by atoms with Gasteiger partial charge < -0.3 is 10.1 Å². The van der Waals surface area contributed by atoms with Gasteiger partial charge >= 0.3 is 6.18 Å². The predicted molar refractivity (Wildman–Crippen MR) is 76.8 cm³/mol. The molecule has 0 amide bonds. The highest BCUT2D eigenvalue weighted by Crippen LogP contribution is 2.18.